The maximum Gasteiger partial charge on any atom is 0.319 e. The third-order valence-electron chi connectivity index (χ3n) is 4.66. The first-order chi connectivity index (χ1) is 13.6. The fourth-order valence-electron chi connectivity index (χ4n) is 3.22. The monoisotopic (exact) mass is 457 g/mol. The van der Waals surface area contributed by atoms with Crippen molar-refractivity contribution in [1.29, 1.82) is 0 Å². The van der Waals surface area contributed by atoms with Crippen molar-refractivity contribution in [2.45, 2.75) is 42.8 Å². The molecule has 1 aromatic heterocycles. The topological polar surface area (TPSA) is 57.0 Å². The molecule has 4 rings (SSSR count). The number of carbonyl (C=O) groups excluding carboxylic acids is 1. The lowest BCUT2D eigenvalue weighted by Gasteiger charge is -2.12. The summed E-state index contributed by atoms with van der Waals surface area (Å²) in [5.41, 5.74) is 2.25. The van der Waals surface area contributed by atoms with Crippen LogP contribution in [0.5, 0.6) is 0 Å². The lowest BCUT2D eigenvalue weighted by atomic mass is 10.1. The second kappa shape index (κ2) is 8.49. The van der Waals surface area contributed by atoms with Crippen LogP contribution in [-0.2, 0) is 22.5 Å². The van der Waals surface area contributed by atoms with Crippen molar-refractivity contribution >= 4 is 33.7 Å². The summed E-state index contributed by atoms with van der Waals surface area (Å²) in [5.74, 6) is 0.644. The number of thioether (sulfide) groups is 1. The van der Waals surface area contributed by atoms with Crippen LogP contribution in [0.4, 0.5) is 0 Å². The number of rotatable bonds is 6. The van der Waals surface area contributed by atoms with Crippen molar-refractivity contribution in [3.63, 3.8) is 0 Å². The van der Waals surface area contributed by atoms with Crippen LogP contribution in [0, 0.1) is 0 Å². The summed E-state index contributed by atoms with van der Waals surface area (Å²) in [5, 5.41) is 9.37. The van der Waals surface area contributed by atoms with Crippen LogP contribution in [0.2, 0.25) is 0 Å². The average molecular weight is 458 g/mol. The molecule has 7 heteroatoms. The number of ether oxygens (including phenoxy) is 1. The first-order valence-corrected chi connectivity index (χ1v) is 10.9. The number of aryl methyl sites for hydroxylation is 1. The van der Waals surface area contributed by atoms with Gasteiger partial charge in [0.1, 0.15) is 11.4 Å². The molecule has 5 nitrogen and oxygen atoms in total. The molecule has 28 heavy (non-hydrogen) atoms. The summed E-state index contributed by atoms with van der Waals surface area (Å²) >= 11 is 4.92. The molecular weight excluding hydrogens is 438 g/mol. The van der Waals surface area contributed by atoms with E-state index in [2.05, 4.69) is 42.8 Å². The van der Waals surface area contributed by atoms with Gasteiger partial charge in [0.25, 0.3) is 0 Å². The van der Waals surface area contributed by atoms with E-state index in [9.17, 15) is 4.79 Å². The van der Waals surface area contributed by atoms with E-state index >= 15 is 0 Å². The Balaban J connectivity index is 1.63. The molecule has 3 aromatic rings. The maximum atomic E-state index is 12.1. The van der Waals surface area contributed by atoms with Crippen molar-refractivity contribution in [2.75, 3.05) is 0 Å². The number of cyclic esters (lactones) is 1. The van der Waals surface area contributed by atoms with Gasteiger partial charge in [-0.15, -0.1) is 10.2 Å². The van der Waals surface area contributed by atoms with E-state index in [0.717, 1.165) is 34.0 Å². The smallest absolute Gasteiger partial charge is 0.319 e. The molecule has 2 heterocycles. The van der Waals surface area contributed by atoms with Gasteiger partial charge in [-0.1, -0.05) is 70.2 Å². The molecule has 0 unspecified atom stereocenters. The molecule has 0 amide bonds. The lowest BCUT2D eigenvalue weighted by Crippen LogP contribution is -2.12. The fraction of sp³-hybridized carbons (Fsp3) is 0.286. The van der Waals surface area contributed by atoms with Crippen LogP contribution < -0.4 is 0 Å². The molecule has 0 aliphatic carbocycles. The number of halogens is 1. The SMILES string of the molecule is C[C@@H]1C[C@@H](Sc2nnc(-c3ccc(Br)cc3)n2CCc2ccccc2)C(=O)O1. The van der Waals surface area contributed by atoms with Gasteiger partial charge in [-0.25, -0.2) is 0 Å². The third kappa shape index (κ3) is 4.31. The molecule has 0 saturated carbocycles. The predicted octanol–water partition coefficient (Wildman–Crippen LogP) is 4.75. The minimum Gasteiger partial charge on any atom is -0.462 e. The molecule has 1 saturated heterocycles. The zero-order valence-corrected chi connectivity index (χ0v) is 17.8. The van der Waals surface area contributed by atoms with Gasteiger partial charge in [-0.05, 0) is 31.0 Å². The molecule has 1 fully saturated rings. The van der Waals surface area contributed by atoms with Crippen molar-refractivity contribution in [3.8, 4) is 11.4 Å². The molecule has 144 valence electrons. The summed E-state index contributed by atoms with van der Waals surface area (Å²) in [7, 11) is 0. The van der Waals surface area contributed by atoms with E-state index in [-0.39, 0.29) is 17.3 Å². The number of aromatic nitrogens is 3. The summed E-state index contributed by atoms with van der Waals surface area (Å²) in [6.07, 6.45) is 1.51. The van der Waals surface area contributed by atoms with Crippen LogP contribution in [0.3, 0.4) is 0 Å². The second-order valence-corrected chi connectivity index (χ2v) is 8.88. The van der Waals surface area contributed by atoms with Gasteiger partial charge < -0.3 is 9.30 Å². The van der Waals surface area contributed by atoms with Crippen molar-refractivity contribution in [3.05, 3.63) is 64.6 Å². The van der Waals surface area contributed by atoms with Crippen LogP contribution in [0.25, 0.3) is 11.4 Å². The van der Waals surface area contributed by atoms with Gasteiger partial charge in [0, 0.05) is 23.0 Å². The Bertz CT molecular complexity index is 960. The number of hydrogen-bond donors (Lipinski definition) is 0. The third-order valence-corrected chi connectivity index (χ3v) is 6.37. The van der Waals surface area contributed by atoms with Gasteiger partial charge in [0.2, 0.25) is 0 Å². The highest BCUT2D eigenvalue weighted by atomic mass is 79.9. The quantitative estimate of drug-likeness (QED) is 0.500. The molecule has 0 radical (unpaired) electrons. The van der Waals surface area contributed by atoms with Crippen LogP contribution in [0.1, 0.15) is 18.9 Å². The number of nitrogens with zero attached hydrogens (tertiary/aromatic N) is 3. The number of esters is 1. The van der Waals surface area contributed by atoms with Crippen molar-refractivity contribution in [1.82, 2.24) is 14.8 Å². The van der Waals surface area contributed by atoms with Crippen LogP contribution in [-0.4, -0.2) is 32.1 Å². The lowest BCUT2D eigenvalue weighted by molar-refractivity contribution is -0.140. The van der Waals surface area contributed by atoms with Gasteiger partial charge >= 0.3 is 5.97 Å². The van der Waals surface area contributed by atoms with Crippen molar-refractivity contribution in [2.24, 2.45) is 0 Å². The Morgan fingerprint density at radius 2 is 1.89 bits per heavy atom. The Labute approximate surface area is 176 Å². The highest BCUT2D eigenvalue weighted by Crippen LogP contribution is 2.33. The highest BCUT2D eigenvalue weighted by Gasteiger charge is 2.34. The Kier molecular flexibility index (Phi) is 5.82. The van der Waals surface area contributed by atoms with Gasteiger partial charge in [-0.3, -0.25) is 4.79 Å². The fourth-order valence-corrected chi connectivity index (χ4v) is 4.65. The standard InChI is InChI=1S/C21H20BrN3O2S/c1-14-13-18(20(26)27-14)28-21-24-23-19(16-7-9-17(22)10-8-16)25(21)12-11-15-5-3-2-4-6-15/h2-10,14,18H,11-13H2,1H3/t14-,18-/m1/s1. The summed E-state index contributed by atoms with van der Waals surface area (Å²) in [6, 6.07) is 18.4. The number of carbonyl (C=O) groups is 1. The summed E-state index contributed by atoms with van der Waals surface area (Å²) < 4.78 is 8.42. The van der Waals surface area contributed by atoms with E-state index < -0.39 is 0 Å². The van der Waals surface area contributed by atoms with Gasteiger partial charge in [0.05, 0.1) is 0 Å². The van der Waals surface area contributed by atoms with Gasteiger partial charge in [-0.2, -0.15) is 0 Å². The normalized spacial score (nSPS) is 19.0. The molecule has 1 aliphatic heterocycles. The van der Waals surface area contributed by atoms with E-state index in [0.29, 0.717) is 6.42 Å². The number of benzene rings is 2. The first-order valence-electron chi connectivity index (χ1n) is 9.20. The Morgan fingerprint density at radius 3 is 2.57 bits per heavy atom. The highest BCUT2D eigenvalue weighted by molar-refractivity contribution is 9.10. The Hall–Kier alpha value is -2.12. The van der Waals surface area contributed by atoms with E-state index in [4.69, 9.17) is 4.74 Å². The largest absolute Gasteiger partial charge is 0.462 e. The van der Waals surface area contributed by atoms with Crippen LogP contribution in [0.15, 0.2) is 64.2 Å². The molecule has 2 atom stereocenters. The van der Waals surface area contributed by atoms with Crippen molar-refractivity contribution < 1.29 is 9.53 Å². The van der Waals surface area contributed by atoms with E-state index in [1.54, 1.807) is 0 Å². The summed E-state index contributed by atoms with van der Waals surface area (Å²) in [6.45, 7) is 2.66. The van der Waals surface area contributed by atoms with E-state index in [1.165, 1.54) is 17.3 Å². The molecule has 2 aromatic carbocycles. The molecule has 0 bridgehead atoms. The Morgan fingerprint density at radius 1 is 1.14 bits per heavy atom. The zero-order chi connectivity index (χ0) is 19.5. The predicted molar refractivity (Wildman–Crippen MR) is 113 cm³/mol. The van der Waals surface area contributed by atoms with Crippen LogP contribution >= 0.6 is 27.7 Å². The molecule has 0 N–H and O–H groups in total. The van der Waals surface area contributed by atoms with E-state index in [1.807, 2.05) is 49.4 Å². The molecule has 0 spiro atoms. The number of hydrogen-bond acceptors (Lipinski definition) is 5. The summed E-state index contributed by atoms with van der Waals surface area (Å²) in [4.78, 5) is 12.1. The van der Waals surface area contributed by atoms with Gasteiger partial charge in [0.15, 0.2) is 11.0 Å². The maximum absolute atomic E-state index is 12.1. The average Bonchev–Trinajstić information content (AvgIpc) is 3.24. The minimum atomic E-state index is -0.229. The minimum absolute atomic E-state index is 0.0448. The first kappa shape index (κ1) is 19.2. The zero-order valence-electron chi connectivity index (χ0n) is 15.4. The molecule has 1 aliphatic rings. The second-order valence-electron chi connectivity index (χ2n) is 6.79. The molecular formula is C21H20BrN3O2S.